The number of amides is 1. The molecule has 1 amide bonds. The normalized spacial score (nSPS) is 12.1. The van der Waals surface area contributed by atoms with Gasteiger partial charge in [0, 0.05) is 6.54 Å². The van der Waals surface area contributed by atoms with Gasteiger partial charge in [0.2, 0.25) is 5.91 Å². The number of carbonyl (C=O) groups is 1. The lowest BCUT2D eigenvalue weighted by Crippen LogP contribution is -2.39. The number of benzene rings is 1. The molecule has 0 fully saturated rings. The van der Waals surface area contributed by atoms with E-state index in [4.69, 9.17) is 10.5 Å². The van der Waals surface area contributed by atoms with Crippen LogP contribution in [0.5, 0.6) is 5.75 Å². The Morgan fingerprint density at radius 1 is 1.37 bits per heavy atom. The van der Waals surface area contributed by atoms with E-state index in [0.29, 0.717) is 29.6 Å². The Bertz CT molecular complexity index is 433. The second-order valence-electron chi connectivity index (χ2n) is 4.93. The van der Waals surface area contributed by atoms with E-state index in [0.717, 1.165) is 0 Å². The van der Waals surface area contributed by atoms with E-state index < -0.39 is 0 Å². The van der Waals surface area contributed by atoms with Crippen molar-refractivity contribution in [3.8, 4) is 5.75 Å². The molecule has 0 bridgehead atoms. The van der Waals surface area contributed by atoms with Crippen LogP contribution in [0.25, 0.3) is 0 Å². The van der Waals surface area contributed by atoms with Gasteiger partial charge < -0.3 is 21.1 Å². The van der Waals surface area contributed by atoms with Crippen LogP contribution in [0, 0.1) is 5.92 Å². The Morgan fingerprint density at radius 3 is 2.63 bits per heavy atom. The molecule has 1 rings (SSSR count). The summed E-state index contributed by atoms with van der Waals surface area (Å²) in [6.45, 7) is 6.57. The number of nitrogens with one attached hydrogen (secondary N) is 2. The fraction of sp³-hybridized carbons (Fsp3) is 0.500. The van der Waals surface area contributed by atoms with Crippen molar-refractivity contribution in [3.05, 3.63) is 18.2 Å². The molecule has 0 aliphatic rings. The van der Waals surface area contributed by atoms with Crippen LogP contribution in [0.1, 0.15) is 20.8 Å². The van der Waals surface area contributed by atoms with Crippen molar-refractivity contribution in [1.82, 2.24) is 5.32 Å². The average molecular weight is 265 g/mol. The fourth-order valence-electron chi connectivity index (χ4n) is 1.60. The maximum atomic E-state index is 11.9. The van der Waals surface area contributed by atoms with E-state index >= 15 is 0 Å². The van der Waals surface area contributed by atoms with Crippen LogP contribution >= 0.6 is 0 Å². The lowest BCUT2D eigenvalue weighted by Gasteiger charge is -2.18. The van der Waals surface area contributed by atoms with Crippen molar-refractivity contribution >= 4 is 17.3 Å². The highest BCUT2D eigenvalue weighted by molar-refractivity contribution is 5.86. The van der Waals surface area contributed by atoms with Crippen LogP contribution < -0.4 is 21.1 Å². The number of para-hydroxylation sites is 1. The van der Waals surface area contributed by atoms with Gasteiger partial charge in [-0.15, -0.1) is 0 Å². The number of anilines is 2. The van der Waals surface area contributed by atoms with Crippen LogP contribution in [0.15, 0.2) is 18.2 Å². The minimum atomic E-state index is -0.354. The van der Waals surface area contributed by atoms with Crippen molar-refractivity contribution in [2.45, 2.75) is 26.8 Å². The minimum absolute atomic E-state index is 0.0454. The highest BCUT2D eigenvalue weighted by atomic mass is 16.5. The van der Waals surface area contributed by atoms with Crippen LogP contribution in [-0.4, -0.2) is 25.6 Å². The maximum absolute atomic E-state index is 11.9. The highest BCUT2D eigenvalue weighted by Crippen LogP contribution is 2.29. The third-order valence-electron chi connectivity index (χ3n) is 2.74. The Morgan fingerprint density at radius 2 is 2.05 bits per heavy atom. The molecule has 0 aliphatic heterocycles. The van der Waals surface area contributed by atoms with Crippen LogP contribution in [-0.2, 0) is 4.79 Å². The monoisotopic (exact) mass is 265 g/mol. The van der Waals surface area contributed by atoms with E-state index in [1.165, 1.54) is 0 Å². The predicted molar refractivity (Wildman–Crippen MR) is 78.3 cm³/mol. The SMILES string of the molecule is COc1cccc(NC(C)C(=O)NCC(C)C)c1N. The average Bonchev–Trinajstić information content (AvgIpc) is 2.38. The standard InChI is InChI=1S/C14H23N3O2/c1-9(2)8-16-14(18)10(3)17-11-6-5-7-12(19-4)13(11)15/h5-7,9-10,17H,8,15H2,1-4H3,(H,16,18). The zero-order valence-electron chi connectivity index (χ0n) is 12.0. The molecule has 1 unspecified atom stereocenters. The lowest BCUT2D eigenvalue weighted by molar-refractivity contribution is -0.121. The number of carbonyl (C=O) groups excluding carboxylic acids is 1. The second-order valence-corrected chi connectivity index (χ2v) is 4.93. The van der Waals surface area contributed by atoms with Crippen molar-refractivity contribution in [1.29, 1.82) is 0 Å². The van der Waals surface area contributed by atoms with Crippen LogP contribution in [0.4, 0.5) is 11.4 Å². The molecule has 0 spiro atoms. The van der Waals surface area contributed by atoms with Gasteiger partial charge in [-0.25, -0.2) is 0 Å². The first kappa shape index (κ1) is 15.1. The Balaban J connectivity index is 2.66. The number of hydrogen-bond acceptors (Lipinski definition) is 4. The molecule has 1 aromatic carbocycles. The van der Waals surface area contributed by atoms with Gasteiger partial charge in [0.05, 0.1) is 18.5 Å². The molecule has 5 heteroatoms. The molecule has 19 heavy (non-hydrogen) atoms. The van der Waals surface area contributed by atoms with Crippen molar-refractivity contribution in [2.24, 2.45) is 5.92 Å². The van der Waals surface area contributed by atoms with Crippen molar-refractivity contribution < 1.29 is 9.53 Å². The zero-order valence-corrected chi connectivity index (χ0v) is 12.0. The van der Waals surface area contributed by atoms with Gasteiger partial charge in [-0.2, -0.15) is 0 Å². The minimum Gasteiger partial charge on any atom is -0.495 e. The topological polar surface area (TPSA) is 76.4 Å². The Labute approximate surface area is 114 Å². The molecule has 0 aliphatic carbocycles. The molecule has 0 heterocycles. The summed E-state index contributed by atoms with van der Waals surface area (Å²) in [7, 11) is 1.56. The predicted octanol–water partition coefficient (Wildman–Crippen LogP) is 1.85. The number of ether oxygens (including phenoxy) is 1. The Kier molecular flexibility index (Phi) is 5.48. The fourth-order valence-corrected chi connectivity index (χ4v) is 1.60. The van der Waals surface area contributed by atoms with Gasteiger partial charge in [-0.05, 0) is 25.0 Å². The Hall–Kier alpha value is -1.91. The number of hydrogen-bond donors (Lipinski definition) is 3. The van der Waals surface area contributed by atoms with Gasteiger partial charge >= 0.3 is 0 Å². The first-order chi connectivity index (χ1) is 8.95. The molecule has 0 radical (unpaired) electrons. The summed E-state index contributed by atoms with van der Waals surface area (Å²) in [6, 6.07) is 5.08. The summed E-state index contributed by atoms with van der Waals surface area (Å²) in [6.07, 6.45) is 0. The number of methoxy groups -OCH3 is 1. The van der Waals surface area contributed by atoms with E-state index in [2.05, 4.69) is 24.5 Å². The van der Waals surface area contributed by atoms with E-state index in [-0.39, 0.29) is 11.9 Å². The smallest absolute Gasteiger partial charge is 0.242 e. The van der Waals surface area contributed by atoms with Gasteiger partial charge in [0.1, 0.15) is 11.8 Å². The summed E-state index contributed by atoms with van der Waals surface area (Å²) < 4.78 is 5.14. The molecule has 106 valence electrons. The number of nitrogen functional groups attached to an aromatic ring is 1. The molecule has 0 saturated carbocycles. The molecule has 1 aromatic rings. The molecule has 1 atom stereocenters. The summed E-state index contributed by atoms with van der Waals surface area (Å²) in [5, 5.41) is 5.97. The summed E-state index contributed by atoms with van der Waals surface area (Å²) in [4.78, 5) is 11.9. The first-order valence-corrected chi connectivity index (χ1v) is 6.42. The number of rotatable bonds is 6. The molecule has 0 aromatic heterocycles. The van der Waals surface area contributed by atoms with Crippen molar-refractivity contribution in [2.75, 3.05) is 24.7 Å². The maximum Gasteiger partial charge on any atom is 0.242 e. The molecular weight excluding hydrogens is 242 g/mol. The van der Waals surface area contributed by atoms with Gasteiger partial charge in [0.15, 0.2) is 0 Å². The summed E-state index contributed by atoms with van der Waals surface area (Å²) in [5.74, 6) is 0.980. The lowest BCUT2D eigenvalue weighted by atomic mass is 10.2. The summed E-state index contributed by atoms with van der Waals surface area (Å²) in [5.41, 5.74) is 7.15. The molecule has 4 N–H and O–H groups in total. The van der Waals surface area contributed by atoms with Crippen molar-refractivity contribution in [3.63, 3.8) is 0 Å². The van der Waals surface area contributed by atoms with Gasteiger partial charge in [0.25, 0.3) is 0 Å². The largest absolute Gasteiger partial charge is 0.495 e. The number of nitrogens with two attached hydrogens (primary N) is 1. The highest BCUT2D eigenvalue weighted by Gasteiger charge is 2.14. The molecule has 5 nitrogen and oxygen atoms in total. The zero-order chi connectivity index (χ0) is 14.4. The van der Waals surface area contributed by atoms with Crippen LogP contribution in [0.2, 0.25) is 0 Å². The van der Waals surface area contributed by atoms with E-state index in [9.17, 15) is 4.79 Å². The van der Waals surface area contributed by atoms with Gasteiger partial charge in [-0.3, -0.25) is 4.79 Å². The van der Waals surface area contributed by atoms with Crippen LogP contribution in [0.3, 0.4) is 0 Å². The van der Waals surface area contributed by atoms with E-state index in [1.54, 1.807) is 20.1 Å². The second kappa shape index (κ2) is 6.87. The quantitative estimate of drug-likeness (QED) is 0.686. The third-order valence-corrected chi connectivity index (χ3v) is 2.74. The third kappa shape index (κ3) is 4.35. The van der Waals surface area contributed by atoms with Gasteiger partial charge in [-0.1, -0.05) is 19.9 Å². The van der Waals surface area contributed by atoms with E-state index in [1.807, 2.05) is 12.1 Å². The summed E-state index contributed by atoms with van der Waals surface area (Å²) >= 11 is 0. The molecular formula is C14H23N3O2. The first-order valence-electron chi connectivity index (χ1n) is 6.42. The molecule has 0 saturated heterocycles.